The third-order valence-electron chi connectivity index (χ3n) is 6.48. The second-order valence-corrected chi connectivity index (χ2v) is 11.9. The van der Waals surface area contributed by atoms with Gasteiger partial charge in [-0.1, -0.05) is 24.3 Å². The second kappa shape index (κ2) is 11.0. The summed E-state index contributed by atoms with van der Waals surface area (Å²) in [5, 5.41) is 3.07. The average molecular weight is 488 g/mol. The fourth-order valence-electron chi connectivity index (χ4n) is 4.37. The molecule has 0 unspecified atom stereocenters. The topological polar surface area (TPSA) is 69.7 Å². The highest BCUT2D eigenvalue weighted by molar-refractivity contribution is 7.99. The van der Waals surface area contributed by atoms with Gasteiger partial charge in [-0.15, -0.1) is 0 Å². The molecule has 2 aromatic rings. The molecule has 0 bridgehead atoms. The van der Waals surface area contributed by atoms with Crippen molar-refractivity contribution in [3.63, 3.8) is 0 Å². The van der Waals surface area contributed by atoms with E-state index < -0.39 is 10.0 Å². The van der Waals surface area contributed by atoms with E-state index in [4.69, 9.17) is 0 Å². The number of amides is 1. The van der Waals surface area contributed by atoms with E-state index in [2.05, 4.69) is 23.2 Å². The molecule has 0 aromatic heterocycles. The lowest BCUT2D eigenvalue weighted by atomic mass is 10.1. The number of anilines is 1. The van der Waals surface area contributed by atoms with Crippen LogP contribution in [0.4, 0.5) is 5.69 Å². The van der Waals surface area contributed by atoms with Crippen LogP contribution >= 0.6 is 11.8 Å². The lowest BCUT2D eigenvalue weighted by molar-refractivity contribution is -0.116. The molecule has 6 nitrogen and oxygen atoms in total. The van der Waals surface area contributed by atoms with E-state index in [1.54, 1.807) is 16.4 Å². The van der Waals surface area contributed by atoms with Crippen LogP contribution in [0.25, 0.3) is 0 Å². The number of nitrogens with one attached hydrogen (secondary N) is 1. The van der Waals surface area contributed by atoms with Crippen LogP contribution in [0.5, 0.6) is 0 Å². The van der Waals surface area contributed by atoms with Gasteiger partial charge in [-0.25, -0.2) is 8.42 Å². The van der Waals surface area contributed by atoms with Gasteiger partial charge in [-0.3, -0.25) is 9.69 Å². The molecule has 0 spiro atoms. The summed E-state index contributed by atoms with van der Waals surface area (Å²) < 4.78 is 26.9. The number of thioether (sulfide) groups is 1. The predicted octanol–water partition coefficient (Wildman–Crippen LogP) is 3.90. The number of sulfonamides is 1. The van der Waals surface area contributed by atoms with Gasteiger partial charge in [0, 0.05) is 56.3 Å². The summed E-state index contributed by atoms with van der Waals surface area (Å²) in [5.74, 6) is 2.33. The summed E-state index contributed by atoms with van der Waals surface area (Å²) in [7, 11) is -3.40. The molecule has 2 heterocycles. The maximum absolute atomic E-state index is 12.7. The van der Waals surface area contributed by atoms with E-state index >= 15 is 0 Å². The van der Waals surface area contributed by atoms with Crippen LogP contribution in [0.1, 0.15) is 36.0 Å². The van der Waals surface area contributed by atoms with E-state index in [1.165, 1.54) is 17.1 Å². The molecule has 2 fully saturated rings. The van der Waals surface area contributed by atoms with Gasteiger partial charge in [-0.2, -0.15) is 16.1 Å². The van der Waals surface area contributed by atoms with Crippen molar-refractivity contribution in [2.45, 2.75) is 44.0 Å². The molecular weight excluding hydrogens is 454 g/mol. The molecule has 4 rings (SSSR count). The van der Waals surface area contributed by atoms with Gasteiger partial charge >= 0.3 is 0 Å². The van der Waals surface area contributed by atoms with E-state index in [0.717, 1.165) is 49.3 Å². The zero-order chi connectivity index (χ0) is 23.3. The van der Waals surface area contributed by atoms with E-state index in [1.807, 2.05) is 36.0 Å². The van der Waals surface area contributed by atoms with E-state index in [9.17, 15) is 13.2 Å². The van der Waals surface area contributed by atoms with Gasteiger partial charge in [0.15, 0.2) is 0 Å². The lowest BCUT2D eigenvalue weighted by Crippen LogP contribution is -2.32. The van der Waals surface area contributed by atoms with Crippen LogP contribution in [-0.4, -0.2) is 61.2 Å². The number of carbonyl (C=O) groups is 1. The first-order valence-corrected chi connectivity index (χ1v) is 14.3. The minimum absolute atomic E-state index is 0.0293. The average Bonchev–Trinajstić information content (AvgIpc) is 3.37. The van der Waals surface area contributed by atoms with Crippen LogP contribution in [0.3, 0.4) is 0 Å². The predicted molar refractivity (Wildman–Crippen MR) is 135 cm³/mol. The minimum Gasteiger partial charge on any atom is -0.326 e. The van der Waals surface area contributed by atoms with Gasteiger partial charge < -0.3 is 5.32 Å². The third-order valence-corrected chi connectivity index (χ3v) is 9.34. The van der Waals surface area contributed by atoms with E-state index in [-0.39, 0.29) is 5.91 Å². The minimum atomic E-state index is -3.40. The molecule has 1 amide bonds. The fourth-order valence-corrected chi connectivity index (χ4v) is 6.86. The number of carbonyl (C=O) groups excluding carboxylic acids is 1. The Hall–Kier alpha value is -1.87. The zero-order valence-corrected chi connectivity index (χ0v) is 20.9. The molecule has 0 aliphatic carbocycles. The van der Waals surface area contributed by atoms with Crippen molar-refractivity contribution < 1.29 is 13.2 Å². The normalized spacial score (nSPS) is 17.8. The van der Waals surface area contributed by atoms with Crippen molar-refractivity contribution in [3.8, 4) is 0 Å². The number of nitrogens with zero attached hydrogens (tertiary/aromatic N) is 2. The van der Waals surface area contributed by atoms with Crippen LogP contribution in [0.2, 0.25) is 0 Å². The van der Waals surface area contributed by atoms with Crippen molar-refractivity contribution in [3.05, 3.63) is 59.2 Å². The monoisotopic (exact) mass is 487 g/mol. The van der Waals surface area contributed by atoms with Crippen molar-refractivity contribution in [2.24, 2.45) is 0 Å². The van der Waals surface area contributed by atoms with E-state index in [0.29, 0.717) is 30.8 Å². The second-order valence-electron chi connectivity index (χ2n) is 8.78. The third kappa shape index (κ3) is 6.18. The molecule has 33 heavy (non-hydrogen) atoms. The van der Waals surface area contributed by atoms with Gasteiger partial charge in [0.25, 0.3) is 0 Å². The summed E-state index contributed by atoms with van der Waals surface area (Å²) in [6.45, 7) is 6.41. The molecule has 2 saturated heterocycles. The standard InChI is InChI=1S/C25H33N3O3S2/c1-20-22(19-27-15-17-32-18-16-27)5-4-6-24(20)26-25(29)12-9-21-7-10-23(11-8-21)33(30,31)28-13-2-3-14-28/h4-8,10-11H,2-3,9,12-19H2,1H3,(H,26,29). The van der Waals surface area contributed by atoms with Crippen molar-refractivity contribution in [2.75, 3.05) is 43.0 Å². The first-order valence-electron chi connectivity index (χ1n) is 11.7. The Morgan fingerprint density at radius 3 is 2.39 bits per heavy atom. The maximum Gasteiger partial charge on any atom is 0.243 e. The first-order chi connectivity index (χ1) is 15.9. The molecule has 2 aliphatic rings. The van der Waals surface area contributed by atoms with Crippen LogP contribution in [0, 0.1) is 6.92 Å². The van der Waals surface area contributed by atoms with Crippen LogP contribution < -0.4 is 5.32 Å². The molecule has 0 saturated carbocycles. The molecule has 0 radical (unpaired) electrons. The number of benzene rings is 2. The smallest absolute Gasteiger partial charge is 0.243 e. The highest BCUT2D eigenvalue weighted by atomic mass is 32.2. The molecule has 2 aromatic carbocycles. The van der Waals surface area contributed by atoms with Gasteiger partial charge in [0.05, 0.1) is 4.90 Å². The number of rotatable bonds is 8. The van der Waals surface area contributed by atoms with Gasteiger partial charge in [0.2, 0.25) is 15.9 Å². The van der Waals surface area contributed by atoms with Crippen molar-refractivity contribution in [1.29, 1.82) is 0 Å². The molecule has 8 heteroatoms. The van der Waals surface area contributed by atoms with Gasteiger partial charge in [0.1, 0.15) is 0 Å². The maximum atomic E-state index is 12.7. The molecular formula is C25H33N3O3S2. The van der Waals surface area contributed by atoms with Crippen LogP contribution in [0.15, 0.2) is 47.4 Å². The largest absolute Gasteiger partial charge is 0.326 e. The Kier molecular flexibility index (Phi) is 8.11. The molecule has 1 N–H and O–H groups in total. The summed E-state index contributed by atoms with van der Waals surface area (Å²) in [4.78, 5) is 15.4. The Balaban J connectivity index is 1.31. The Morgan fingerprint density at radius 2 is 1.70 bits per heavy atom. The number of hydrogen-bond donors (Lipinski definition) is 1. The van der Waals surface area contributed by atoms with Crippen molar-refractivity contribution >= 4 is 33.4 Å². The molecule has 0 atom stereocenters. The van der Waals surface area contributed by atoms with Crippen molar-refractivity contribution in [1.82, 2.24) is 9.21 Å². The lowest BCUT2D eigenvalue weighted by Gasteiger charge is -2.27. The van der Waals surface area contributed by atoms with Gasteiger partial charge in [-0.05, 0) is 61.1 Å². The highest BCUT2D eigenvalue weighted by Crippen LogP contribution is 2.23. The zero-order valence-electron chi connectivity index (χ0n) is 19.3. The summed E-state index contributed by atoms with van der Waals surface area (Å²) in [6.07, 6.45) is 2.77. The Labute approximate surface area is 201 Å². The summed E-state index contributed by atoms with van der Waals surface area (Å²) in [5.41, 5.74) is 4.21. The fraction of sp³-hybridized carbons (Fsp3) is 0.480. The highest BCUT2D eigenvalue weighted by Gasteiger charge is 2.26. The summed E-state index contributed by atoms with van der Waals surface area (Å²) >= 11 is 2.01. The Bertz CT molecular complexity index is 1060. The number of aryl methyl sites for hydroxylation is 1. The Morgan fingerprint density at radius 1 is 1.00 bits per heavy atom. The SMILES string of the molecule is Cc1c(CN2CCSCC2)cccc1NC(=O)CCc1ccc(S(=O)(=O)N2CCCC2)cc1. The molecule has 2 aliphatic heterocycles. The number of hydrogen-bond acceptors (Lipinski definition) is 5. The van der Waals surface area contributed by atoms with Crippen LogP contribution in [-0.2, 0) is 27.8 Å². The quantitative estimate of drug-likeness (QED) is 0.612. The summed E-state index contributed by atoms with van der Waals surface area (Å²) in [6, 6.07) is 13.1. The first kappa shape index (κ1) is 24.3. The molecule has 178 valence electrons.